The van der Waals surface area contributed by atoms with Crippen molar-refractivity contribution < 1.29 is 9.90 Å². The summed E-state index contributed by atoms with van der Waals surface area (Å²) >= 11 is 5.88. The second-order valence-corrected chi connectivity index (χ2v) is 8.61. The molecular weight excluding hydrogens is 414 g/mol. The summed E-state index contributed by atoms with van der Waals surface area (Å²) in [5.74, 6) is 0.315. The first-order valence-corrected chi connectivity index (χ1v) is 10.9. The molecule has 2 unspecified atom stereocenters. The molecular formula is C23H24ClN5O2. The Bertz CT molecular complexity index is 1090. The lowest BCUT2D eigenvalue weighted by Crippen LogP contribution is -2.43. The predicted molar refractivity (Wildman–Crippen MR) is 119 cm³/mol. The Balaban J connectivity index is 1.19. The Kier molecular flexibility index (Phi) is 5.38. The molecule has 2 atom stereocenters. The van der Waals surface area contributed by atoms with Crippen molar-refractivity contribution in [2.45, 2.75) is 31.3 Å². The molecule has 31 heavy (non-hydrogen) atoms. The highest BCUT2D eigenvalue weighted by atomic mass is 35.5. The Hall–Kier alpha value is -2.90. The number of nitrogens with one attached hydrogen (secondary N) is 1. The molecule has 0 aliphatic carbocycles. The lowest BCUT2D eigenvalue weighted by molar-refractivity contribution is 0.0595. The molecule has 1 saturated heterocycles. The molecule has 4 heterocycles. The summed E-state index contributed by atoms with van der Waals surface area (Å²) in [5.41, 5.74) is 4.15. The topological polar surface area (TPSA) is 83.3 Å². The lowest BCUT2D eigenvalue weighted by atomic mass is 9.83. The fourth-order valence-corrected chi connectivity index (χ4v) is 4.95. The highest BCUT2D eigenvalue weighted by Crippen LogP contribution is 2.41. The molecule has 2 N–H and O–H groups in total. The molecule has 3 aromatic rings. The number of hydrogen-bond donors (Lipinski definition) is 2. The van der Waals surface area contributed by atoms with Gasteiger partial charge in [-0.25, -0.2) is 14.8 Å². The first-order valence-electron chi connectivity index (χ1n) is 10.6. The number of aliphatic hydroxyl groups is 1. The van der Waals surface area contributed by atoms with Gasteiger partial charge in [-0.2, -0.15) is 0 Å². The van der Waals surface area contributed by atoms with Crippen molar-refractivity contribution in [2.24, 2.45) is 5.92 Å². The van der Waals surface area contributed by atoms with Gasteiger partial charge in [0.25, 0.3) is 0 Å². The summed E-state index contributed by atoms with van der Waals surface area (Å²) in [6.07, 6.45) is 7.09. The number of hydrogen-bond acceptors (Lipinski definition) is 4. The van der Waals surface area contributed by atoms with Crippen molar-refractivity contribution in [1.29, 1.82) is 0 Å². The van der Waals surface area contributed by atoms with Gasteiger partial charge in [0, 0.05) is 37.1 Å². The third-order valence-corrected chi connectivity index (χ3v) is 6.63. The number of fused-ring (bicyclic) bond motifs is 3. The number of benzene rings is 1. The zero-order valence-corrected chi connectivity index (χ0v) is 17.7. The number of carbonyl (C=O) groups excluding carboxylic acids is 1. The third-order valence-electron chi connectivity index (χ3n) is 6.42. The van der Waals surface area contributed by atoms with Crippen molar-refractivity contribution in [3.05, 3.63) is 71.5 Å². The second kappa shape index (κ2) is 8.32. The van der Waals surface area contributed by atoms with Crippen molar-refractivity contribution in [2.75, 3.05) is 18.4 Å². The van der Waals surface area contributed by atoms with Crippen LogP contribution in [0.5, 0.6) is 0 Å². The van der Waals surface area contributed by atoms with E-state index in [-0.39, 0.29) is 17.9 Å². The smallest absolute Gasteiger partial charge is 0.321 e. The average molecular weight is 438 g/mol. The minimum atomic E-state index is -0.427. The van der Waals surface area contributed by atoms with E-state index in [1.807, 2.05) is 24.7 Å². The summed E-state index contributed by atoms with van der Waals surface area (Å²) < 4.78 is 2.12. The van der Waals surface area contributed by atoms with Crippen LogP contribution in [0.15, 0.2) is 55.1 Å². The van der Waals surface area contributed by atoms with Gasteiger partial charge < -0.3 is 19.9 Å². The van der Waals surface area contributed by atoms with Crippen molar-refractivity contribution in [1.82, 2.24) is 19.4 Å². The molecule has 0 spiro atoms. The van der Waals surface area contributed by atoms with Gasteiger partial charge in [-0.15, -0.1) is 0 Å². The number of pyridine rings is 1. The molecule has 0 saturated carbocycles. The van der Waals surface area contributed by atoms with Gasteiger partial charge in [-0.05, 0) is 48.9 Å². The number of imidazole rings is 1. The van der Waals surface area contributed by atoms with Gasteiger partial charge in [0.1, 0.15) is 5.15 Å². The van der Waals surface area contributed by atoms with Crippen LogP contribution in [0.25, 0.3) is 5.69 Å². The van der Waals surface area contributed by atoms with E-state index < -0.39 is 6.10 Å². The number of halogens is 1. The van der Waals surface area contributed by atoms with E-state index in [0.717, 1.165) is 24.2 Å². The SMILES string of the molecule is O=C(Nc1ccnc(Cl)c1)N1CCC(C(O)CC2c3ccccc3-n3cncc32)CC1. The van der Waals surface area contributed by atoms with Crippen LogP contribution in [-0.4, -0.2) is 49.8 Å². The number of piperidine rings is 1. The summed E-state index contributed by atoms with van der Waals surface area (Å²) in [5, 5.41) is 14.2. The van der Waals surface area contributed by atoms with Crippen molar-refractivity contribution in [3.63, 3.8) is 0 Å². The maximum Gasteiger partial charge on any atom is 0.321 e. The van der Waals surface area contributed by atoms with E-state index >= 15 is 0 Å². The number of likely N-dealkylation sites (tertiary alicyclic amines) is 1. The molecule has 160 valence electrons. The molecule has 1 fully saturated rings. The van der Waals surface area contributed by atoms with E-state index in [0.29, 0.717) is 30.4 Å². The zero-order chi connectivity index (χ0) is 21.4. The van der Waals surface area contributed by atoms with Crippen molar-refractivity contribution >= 4 is 23.3 Å². The first kappa shape index (κ1) is 20.0. The standard InChI is InChI=1S/C23H24ClN5O2/c24-22-11-16(5-8-26-22)27-23(31)28-9-6-15(7-10-28)21(30)12-18-17-3-1-2-4-19(17)29-14-25-13-20(18)29/h1-5,8,11,13-15,18,21,30H,6-7,9-10,12H2,(H,26,27,31). The predicted octanol–water partition coefficient (Wildman–Crippen LogP) is 4.06. The summed E-state index contributed by atoms with van der Waals surface area (Å²) in [6, 6.07) is 11.5. The number of aromatic nitrogens is 3. The summed E-state index contributed by atoms with van der Waals surface area (Å²) in [6.45, 7) is 1.23. The minimum Gasteiger partial charge on any atom is -0.393 e. The van der Waals surface area contributed by atoms with Crippen LogP contribution in [0, 0.1) is 5.92 Å². The Morgan fingerprint density at radius 3 is 2.87 bits per heavy atom. The van der Waals surface area contributed by atoms with E-state index in [4.69, 9.17) is 11.6 Å². The highest BCUT2D eigenvalue weighted by Gasteiger charge is 2.34. The monoisotopic (exact) mass is 437 g/mol. The average Bonchev–Trinajstić information content (AvgIpc) is 3.36. The zero-order valence-electron chi connectivity index (χ0n) is 17.0. The second-order valence-electron chi connectivity index (χ2n) is 8.22. The third kappa shape index (κ3) is 3.91. The van der Waals surface area contributed by atoms with Crippen molar-refractivity contribution in [3.8, 4) is 5.69 Å². The van der Waals surface area contributed by atoms with Crippen LogP contribution < -0.4 is 5.32 Å². The molecule has 2 aliphatic heterocycles. The van der Waals surface area contributed by atoms with Crippen LogP contribution in [0.4, 0.5) is 10.5 Å². The summed E-state index contributed by atoms with van der Waals surface area (Å²) in [7, 11) is 0. The molecule has 2 aliphatic rings. The molecule has 1 aromatic carbocycles. The lowest BCUT2D eigenvalue weighted by Gasteiger charge is -2.35. The molecule has 5 rings (SSSR count). The van der Waals surface area contributed by atoms with Gasteiger partial charge in [0.15, 0.2) is 0 Å². The Morgan fingerprint density at radius 1 is 1.26 bits per heavy atom. The van der Waals surface area contributed by atoms with E-state index in [1.54, 1.807) is 23.2 Å². The van der Waals surface area contributed by atoms with Gasteiger partial charge in [-0.1, -0.05) is 29.8 Å². The fourth-order valence-electron chi connectivity index (χ4n) is 4.78. The molecule has 0 bridgehead atoms. The highest BCUT2D eigenvalue weighted by molar-refractivity contribution is 6.29. The molecule has 8 heteroatoms. The van der Waals surface area contributed by atoms with Crippen LogP contribution in [0.1, 0.15) is 36.4 Å². The van der Waals surface area contributed by atoms with E-state index in [9.17, 15) is 9.90 Å². The number of aliphatic hydroxyl groups excluding tert-OH is 1. The van der Waals surface area contributed by atoms with Crippen LogP contribution >= 0.6 is 11.6 Å². The number of nitrogens with zero attached hydrogens (tertiary/aromatic N) is 4. The van der Waals surface area contributed by atoms with Gasteiger partial charge >= 0.3 is 6.03 Å². The van der Waals surface area contributed by atoms with Crippen LogP contribution in [-0.2, 0) is 0 Å². The number of amides is 2. The minimum absolute atomic E-state index is 0.145. The number of urea groups is 1. The fraction of sp³-hybridized carbons (Fsp3) is 0.348. The molecule has 2 aromatic heterocycles. The Morgan fingerprint density at radius 2 is 2.06 bits per heavy atom. The first-order chi connectivity index (χ1) is 15.1. The van der Waals surface area contributed by atoms with Gasteiger partial charge in [0.2, 0.25) is 0 Å². The molecule has 0 radical (unpaired) electrons. The molecule has 7 nitrogen and oxygen atoms in total. The van der Waals surface area contributed by atoms with E-state index in [2.05, 4.69) is 32.0 Å². The van der Waals surface area contributed by atoms with Crippen LogP contribution in [0.3, 0.4) is 0 Å². The largest absolute Gasteiger partial charge is 0.393 e. The molecule has 2 amide bonds. The number of rotatable bonds is 4. The van der Waals surface area contributed by atoms with Gasteiger partial charge in [0.05, 0.1) is 23.8 Å². The quantitative estimate of drug-likeness (QED) is 0.603. The van der Waals surface area contributed by atoms with E-state index in [1.165, 1.54) is 5.56 Å². The normalized spacial score (nSPS) is 19.0. The van der Waals surface area contributed by atoms with Crippen LogP contribution in [0.2, 0.25) is 5.15 Å². The summed E-state index contributed by atoms with van der Waals surface area (Å²) in [4.78, 5) is 22.6. The maximum atomic E-state index is 12.6. The maximum absolute atomic E-state index is 12.6. The number of carbonyl (C=O) groups is 1. The van der Waals surface area contributed by atoms with Gasteiger partial charge in [-0.3, -0.25) is 0 Å². The number of anilines is 1. The Labute approximate surface area is 185 Å². The number of para-hydroxylation sites is 1.